The smallest absolute Gasteiger partial charge is 0.0532 e. The summed E-state index contributed by atoms with van der Waals surface area (Å²) in [5.74, 6) is 0. The van der Waals surface area contributed by atoms with Gasteiger partial charge in [0.2, 0.25) is 0 Å². The van der Waals surface area contributed by atoms with E-state index < -0.39 is 5.41 Å². The van der Waals surface area contributed by atoms with Gasteiger partial charge in [0, 0.05) is 59.1 Å². The second-order valence-electron chi connectivity index (χ2n) is 9.06. The molecule has 0 bridgehead atoms. The Morgan fingerprint density at radius 2 is 0.651 bits per heavy atom. The Labute approximate surface area is 376 Å². The summed E-state index contributed by atoms with van der Waals surface area (Å²) in [6.07, 6.45) is 0. The predicted octanol–water partition coefficient (Wildman–Crippen LogP) is 18.5. The van der Waals surface area contributed by atoms with Crippen LogP contribution in [0.1, 0.15) is 36.7 Å². The number of benzene rings is 4. The molecular formula is C28H11Br15. The van der Waals surface area contributed by atoms with Crippen molar-refractivity contribution in [1.29, 1.82) is 0 Å². The largest absolute Gasteiger partial charge is 0.0827 e. The summed E-state index contributed by atoms with van der Waals surface area (Å²) in [4.78, 5) is -0.813. The summed E-state index contributed by atoms with van der Waals surface area (Å²) in [6, 6.07) is 17.0. The minimum atomic E-state index is -0.721. The van der Waals surface area contributed by atoms with Crippen molar-refractivity contribution in [3.05, 3.63) is 124 Å². The van der Waals surface area contributed by atoms with Gasteiger partial charge in [-0.2, -0.15) is 0 Å². The number of rotatable bonds is 7. The zero-order chi connectivity index (χ0) is 32.1. The lowest BCUT2D eigenvalue weighted by Crippen LogP contribution is -2.40. The van der Waals surface area contributed by atoms with Crippen molar-refractivity contribution in [2.75, 3.05) is 0 Å². The lowest BCUT2D eigenvalue weighted by atomic mass is 9.67. The van der Waals surface area contributed by atoms with Crippen LogP contribution in [0.15, 0.2) is 102 Å². The van der Waals surface area contributed by atoms with Gasteiger partial charge in [0.1, 0.15) is 0 Å². The van der Waals surface area contributed by atoms with Crippen LogP contribution in [0, 0.1) is 0 Å². The van der Waals surface area contributed by atoms with Crippen LogP contribution >= 0.6 is 239 Å². The van der Waals surface area contributed by atoms with Crippen LogP contribution in [0.5, 0.6) is 0 Å². The normalized spacial score (nSPS) is 15.2. The van der Waals surface area contributed by atoms with E-state index in [4.69, 9.17) is 0 Å². The van der Waals surface area contributed by atoms with E-state index in [9.17, 15) is 0 Å². The fourth-order valence-corrected chi connectivity index (χ4v) is 16.9. The maximum Gasteiger partial charge on any atom is 0.0532 e. The molecule has 4 aromatic carbocycles. The first-order valence-corrected chi connectivity index (χ1v) is 23.8. The third-order valence-electron chi connectivity index (χ3n) is 6.74. The Hall–Kier alpha value is 4.08. The first-order chi connectivity index (χ1) is 20.1. The van der Waals surface area contributed by atoms with E-state index in [2.05, 4.69) is 281 Å². The molecule has 3 unspecified atom stereocenters. The standard InChI is InChI=1S/C28H11Br15/c29-13-6-10(16(32)22(38)19(13)35)25(41)28(9-4-2-1-3-5-9,26(42)11-7-14(30)20(36)23(39)17(11)33)27(43)12-8-15(31)21(37)24(40)18(12)34/h1-8,25-27H. The van der Waals surface area contributed by atoms with Crippen LogP contribution in [0.4, 0.5) is 0 Å². The highest BCUT2D eigenvalue weighted by Crippen LogP contribution is 2.66. The van der Waals surface area contributed by atoms with Gasteiger partial charge in [-0.25, -0.2) is 0 Å². The zero-order valence-corrected chi connectivity index (χ0v) is 44.3. The monoisotopic (exact) mass is 1530 g/mol. The molecule has 3 atom stereocenters. The molecule has 0 aliphatic rings. The molecule has 0 aliphatic heterocycles. The van der Waals surface area contributed by atoms with Gasteiger partial charge >= 0.3 is 0 Å². The lowest BCUT2D eigenvalue weighted by molar-refractivity contribution is 0.403. The first-order valence-electron chi connectivity index (χ1n) is 11.5. The topological polar surface area (TPSA) is 0 Å². The number of halogens is 15. The zero-order valence-electron chi connectivity index (χ0n) is 20.5. The fourth-order valence-electron chi connectivity index (χ4n) is 4.65. The van der Waals surface area contributed by atoms with Gasteiger partial charge in [-0.05, 0) is 232 Å². The molecule has 43 heavy (non-hydrogen) atoms. The van der Waals surface area contributed by atoms with Crippen molar-refractivity contribution in [2.24, 2.45) is 0 Å². The van der Waals surface area contributed by atoms with E-state index >= 15 is 0 Å². The van der Waals surface area contributed by atoms with E-state index in [-0.39, 0.29) is 14.5 Å². The molecule has 0 saturated carbocycles. The Bertz CT molecular complexity index is 1540. The number of hydrogen-bond donors (Lipinski definition) is 0. The van der Waals surface area contributed by atoms with Crippen LogP contribution in [0.3, 0.4) is 0 Å². The average Bonchev–Trinajstić information content (AvgIpc) is 2.99. The molecule has 0 aromatic heterocycles. The Kier molecular flexibility index (Phi) is 15.4. The van der Waals surface area contributed by atoms with Gasteiger partial charge in [-0.3, -0.25) is 0 Å². The van der Waals surface area contributed by atoms with Crippen LogP contribution in [-0.4, -0.2) is 0 Å². The minimum Gasteiger partial charge on any atom is -0.0827 e. The minimum absolute atomic E-state index is 0.271. The molecular weight excluding hydrogens is 1530 g/mol. The summed E-state index contributed by atoms with van der Waals surface area (Å²) >= 11 is 58.4. The lowest BCUT2D eigenvalue weighted by Gasteiger charge is -2.47. The molecule has 0 fully saturated rings. The highest BCUT2D eigenvalue weighted by atomic mass is 79.9. The molecule has 4 rings (SSSR count). The van der Waals surface area contributed by atoms with Gasteiger partial charge in [0.05, 0.1) is 14.5 Å². The van der Waals surface area contributed by atoms with Gasteiger partial charge in [-0.1, -0.05) is 78.1 Å². The quantitative estimate of drug-likeness (QED) is 0.0983. The Morgan fingerprint density at radius 3 is 0.930 bits per heavy atom. The maximum atomic E-state index is 4.30. The second-order valence-corrected chi connectivity index (χ2v) is 21.5. The van der Waals surface area contributed by atoms with Crippen molar-refractivity contribution in [2.45, 2.75) is 19.9 Å². The van der Waals surface area contributed by atoms with Crippen molar-refractivity contribution in [3.63, 3.8) is 0 Å². The molecule has 15 heteroatoms. The molecule has 0 spiro atoms. The molecule has 0 N–H and O–H groups in total. The van der Waals surface area contributed by atoms with Crippen LogP contribution in [-0.2, 0) is 5.41 Å². The van der Waals surface area contributed by atoms with Crippen molar-refractivity contribution < 1.29 is 0 Å². The van der Waals surface area contributed by atoms with Crippen LogP contribution in [0.25, 0.3) is 0 Å². The Morgan fingerprint density at radius 1 is 0.372 bits per heavy atom. The molecule has 0 nitrogen and oxygen atoms in total. The summed E-state index contributed by atoms with van der Waals surface area (Å²) < 4.78 is 11.0. The average molecular weight is 1550 g/mol. The van der Waals surface area contributed by atoms with Crippen LogP contribution in [0.2, 0.25) is 0 Å². The van der Waals surface area contributed by atoms with Gasteiger partial charge in [0.15, 0.2) is 0 Å². The highest BCUT2D eigenvalue weighted by Gasteiger charge is 2.53. The van der Waals surface area contributed by atoms with Crippen molar-refractivity contribution in [3.8, 4) is 0 Å². The van der Waals surface area contributed by atoms with Crippen LogP contribution < -0.4 is 0 Å². The van der Waals surface area contributed by atoms with Crippen molar-refractivity contribution in [1.82, 2.24) is 0 Å². The third kappa shape index (κ3) is 7.66. The summed E-state index contributed by atoms with van der Waals surface area (Å²) in [6.45, 7) is 0. The Balaban J connectivity index is 2.21. The first kappa shape index (κ1) is 39.9. The van der Waals surface area contributed by atoms with E-state index in [0.717, 1.165) is 75.9 Å². The number of hydrogen-bond acceptors (Lipinski definition) is 0. The van der Waals surface area contributed by atoms with E-state index in [1.165, 1.54) is 0 Å². The number of alkyl halides is 3. The van der Waals surface area contributed by atoms with Gasteiger partial charge < -0.3 is 0 Å². The second kappa shape index (κ2) is 16.6. The predicted molar refractivity (Wildman–Crippen MR) is 235 cm³/mol. The maximum absolute atomic E-state index is 4.30. The van der Waals surface area contributed by atoms with E-state index in [1.807, 2.05) is 6.07 Å². The van der Waals surface area contributed by atoms with Crippen molar-refractivity contribution >= 4 is 239 Å². The summed E-state index contributed by atoms with van der Waals surface area (Å²) in [7, 11) is 0. The van der Waals surface area contributed by atoms with E-state index in [1.54, 1.807) is 0 Å². The van der Waals surface area contributed by atoms with E-state index in [0.29, 0.717) is 0 Å². The fraction of sp³-hybridized carbons (Fsp3) is 0.143. The van der Waals surface area contributed by atoms with Gasteiger partial charge in [0.25, 0.3) is 0 Å². The van der Waals surface area contributed by atoms with Gasteiger partial charge in [-0.15, -0.1) is 0 Å². The molecule has 0 heterocycles. The SMILES string of the molecule is Brc1cc(C(Br)C(c2ccccc2)(C(Br)c2cc(Br)c(Br)c(Br)c2Br)C(Br)c2cc(Br)c(Br)c(Br)c2Br)c(Br)c(Br)c1Br. The molecule has 228 valence electrons. The summed E-state index contributed by atoms with van der Waals surface area (Å²) in [5, 5.41) is 0. The molecule has 4 aromatic rings. The summed E-state index contributed by atoms with van der Waals surface area (Å²) in [5.41, 5.74) is 3.50. The molecule has 0 radical (unpaired) electrons. The molecule has 0 aliphatic carbocycles. The molecule has 0 saturated heterocycles. The molecule has 0 amide bonds. The third-order valence-corrected chi connectivity index (χ3v) is 24.6. The highest BCUT2D eigenvalue weighted by molar-refractivity contribution is 9.16.